The van der Waals surface area contributed by atoms with Gasteiger partial charge in [-0.2, -0.15) is 0 Å². The largest absolute Gasteiger partial charge is 0.355 e. The van der Waals surface area contributed by atoms with Crippen LogP contribution in [0.4, 0.5) is 0 Å². The summed E-state index contributed by atoms with van der Waals surface area (Å²) in [6, 6.07) is 64.5. The van der Waals surface area contributed by atoms with Crippen LogP contribution in [0.5, 0.6) is 0 Å². The third-order valence-electron chi connectivity index (χ3n) is 10.5. The Morgan fingerprint density at radius 1 is 0.377 bits per heavy atom. The van der Waals surface area contributed by atoms with Crippen LogP contribution in [-0.2, 0) is 0 Å². The average Bonchev–Trinajstić information content (AvgIpc) is 3.85. The zero-order valence-corrected chi connectivity index (χ0v) is 29.3. The highest BCUT2D eigenvalue weighted by Gasteiger charge is 2.14. The van der Waals surface area contributed by atoms with E-state index in [9.17, 15) is 0 Å². The minimum atomic E-state index is 0.781. The van der Waals surface area contributed by atoms with E-state index in [2.05, 4.69) is 197 Å². The third-order valence-corrected chi connectivity index (χ3v) is 10.5. The van der Waals surface area contributed by atoms with Crippen LogP contribution in [0.3, 0.4) is 0 Å². The van der Waals surface area contributed by atoms with Gasteiger partial charge < -0.3 is 14.1 Å². The summed E-state index contributed by atoms with van der Waals surface area (Å²) in [7, 11) is 6.07. The molecule has 0 aliphatic rings. The number of benzene rings is 8. The first-order chi connectivity index (χ1) is 26.1. The highest BCUT2D eigenvalue weighted by molar-refractivity contribution is 6.33. The van der Waals surface area contributed by atoms with Crippen LogP contribution in [0.25, 0.3) is 87.9 Å². The topological polar surface area (TPSA) is 25.6 Å². The van der Waals surface area contributed by atoms with Crippen LogP contribution in [0.2, 0.25) is 0 Å². The van der Waals surface area contributed by atoms with E-state index >= 15 is 0 Å². The minimum absolute atomic E-state index is 0.781. The molecule has 0 spiro atoms. The summed E-state index contributed by atoms with van der Waals surface area (Å²) in [6.45, 7) is 2.15. The molecule has 0 fully saturated rings. The van der Waals surface area contributed by atoms with Gasteiger partial charge in [-0.25, -0.2) is 0 Å². The maximum atomic E-state index is 6.07. The minimum Gasteiger partial charge on any atom is -0.355 e. The summed E-state index contributed by atoms with van der Waals surface area (Å²) in [5, 5.41) is 7.52. The van der Waals surface area contributed by atoms with Gasteiger partial charge in [-0.1, -0.05) is 114 Å². The van der Waals surface area contributed by atoms with Crippen molar-refractivity contribution < 1.29 is 0 Å². The van der Waals surface area contributed by atoms with Crippen LogP contribution < -0.4 is 5.46 Å². The number of rotatable bonds is 3. The number of H-pyrrole nitrogens is 1. The van der Waals surface area contributed by atoms with Crippen LogP contribution in [0.1, 0.15) is 5.56 Å². The van der Waals surface area contributed by atoms with Gasteiger partial charge in [0.25, 0.3) is 0 Å². The molecule has 0 amide bonds. The molecule has 53 heavy (non-hydrogen) atoms. The van der Waals surface area contributed by atoms with E-state index in [1.165, 1.54) is 77.1 Å². The van der Waals surface area contributed by atoms with Gasteiger partial charge in [-0.15, -0.1) is 0 Å². The second kappa shape index (κ2) is 12.5. The van der Waals surface area contributed by atoms with Crippen LogP contribution in [0, 0.1) is 6.92 Å². The number of nitrogens with one attached hydrogen (secondary N) is 1. The molecular weight excluding hydrogens is 641 g/mol. The molecular formula is C49H34BN3. The second-order valence-electron chi connectivity index (χ2n) is 13.8. The summed E-state index contributed by atoms with van der Waals surface area (Å²) < 4.78 is 4.68. The van der Waals surface area contributed by atoms with Crippen molar-refractivity contribution in [3.8, 4) is 22.5 Å². The first kappa shape index (κ1) is 31.0. The highest BCUT2D eigenvalue weighted by Crippen LogP contribution is 2.37. The van der Waals surface area contributed by atoms with Crippen LogP contribution in [0.15, 0.2) is 182 Å². The number of hydrogen-bond acceptors (Lipinski definition) is 0. The first-order valence-corrected chi connectivity index (χ1v) is 18.1. The number of hydrogen-bond donors (Lipinski definition) is 1. The van der Waals surface area contributed by atoms with Crippen molar-refractivity contribution in [3.05, 3.63) is 188 Å². The van der Waals surface area contributed by atoms with E-state index in [1.807, 2.05) is 6.07 Å². The summed E-state index contributed by atoms with van der Waals surface area (Å²) in [5.41, 5.74) is 14.1. The van der Waals surface area contributed by atoms with E-state index in [0.717, 1.165) is 21.9 Å². The van der Waals surface area contributed by atoms with E-state index in [4.69, 9.17) is 7.85 Å². The summed E-state index contributed by atoms with van der Waals surface area (Å²) in [4.78, 5) is 3.50. The Hall–Kier alpha value is -6.78. The molecule has 11 aromatic rings. The quantitative estimate of drug-likeness (QED) is 0.180. The molecule has 3 heterocycles. The molecule has 0 saturated heterocycles. The Balaban J connectivity index is 0.000000149. The maximum Gasteiger partial charge on any atom is 0.113 e. The fourth-order valence-corrected chi connectivity index (χ4v) is 8.04. The van der Waals surface area contributed by atoms with Crippen molar-refractivity contribution in [1.29, 1.82) is 0 Å². The lowest BCUT2D eigenvalue weighted by Crippen LogP contribution is -1.98. The fourth-order valence-electron chi connectivity index (χ4n) is 8.04. The van der Waals surface area contributed by atoms with Gasteiger partial charge in [-0.3, -0.25) is 0 Å². The monoisotopic (exact) mass is 675 g/mol. The number of fused-ring (bicyclic) bond motifs is 9. The fraction of sp³-hybridized carbons (Fsp3) is 0.0204. The molecule has 8 aromatic carbocycles. The molecule has 11 rings (SSSR count). The summed E-state index contributed by atoms with van der Waals surface area (Å²) in [6.07, 6.45) is 0. The number of para-hydroxylation sites is 4. The SMILES string of the molecule is Cc1ccc2c(c1)c1ccccc1n2-c1ccccc1.[B]c1ccc2[nH]c3ccc(-c4ccc5c(c4)c4ccccc4n5-c4ccccc4)cc3c2c1. The molecule has 3 aromatic heterocycles. The predicted molar refractivity (Wildman–Crippen MR) is 226 cm³/mol. The molecule has 0 unspecified atom stereocenters. The highest BCUT2D eigenvalue weighted by atomic mass is 15.0. The molecule has 0 saturated carbocycles. The van der Waals surface area contributed by atoms with E-state index in [0.29, 0.717) is 0 Å². The molecule has 2 radical (unpaired) electrons. The van der Waals surface area contributed by atoms with E-state index < -0.39 is 0 Å². The summed E-state index contributed by atoms with van der Waals surface area (Å²) >= 11 is 0. The van der Waals surface area contributed by atoms with Crippen LogP contribution >= 0.6 is 0 Å². The van der Waals surface area contributed by atoms with Gasteiger partial charge in [0, 0.05) is 54.7 Å². The average molecular weight is 676 g/mol. The standard InChI is InChI=1S/C30H19BN2.C19H15N/c31-21-12-14-28-25(18-21)24-16-19(10-13-27(24)32-28)20-11-15-30-26(17-20)23-8-4-5-9-29(23)33(30)22-6-2-1-3-7-22;1-14-11-12-19-17(13-14)16-9-5-6-10-18(16)20(19)15-7-3-2-4-8-15/h1-18,32H;2-13H,1H3. The van der Waals surface area contributed by atoms with Gasteiger partial charge in [0.2, 0.25) is 0 Å². The third kappa shape index (κ3) is 5.22. The summed E-state index contributed by atoms with van der Waals surface area (Å²) in [5.74, 6) is 0. The maximum absolute atomic E-state index is 6.07. The second-order valence-corrected chi connectivity index (χ2v) is 13.8. The molecule has 248 valence electrons. The lowest BCUT2D eigenvalue weighted by Gasteiger charge is -2.08. The van der Waals surface area contributed by atoms with Crippen molar-refractivity contribution in [2.75, 3.05) is 0 Å². The Morgan fingerprint density at radius 2 is 0.830 bits per heavy atom. The van der Waals surface area contributed by atoms with E-state index in [-0.39, 0.29) is 0 Å². The number of aryl methyl sites for hydroxylation is 1. The van der Waals surface area contributed by atoms with Crippen molar-refractivity contribution in [3.63, 3.8) is 0 Å². The van der Waals surface area contributed by atoms with Crippen LogP contribution in [-0.4, -0.2) is 22.0 Å². The smallest absolute Gasteiger partial charge is 0.113 e. The molecule has 0 atom stereocenters. The Bertz CT molecular complexity index is 3130. The Morgan fingerprint density at radius 3 is 1.45 bits per heavy atom. The molecule has 0 aliphatic heterocycles. The molecule has 0 aliphatic carbocycles. The first-order valence-electron chi connectivity index (χ1n) is 18.1. The van der Waals surface area contributed by atoms with Crippen molar-refractivity contribution in [2.45, 2.75) is 6.92 Å². The predicted octanol–water partition coefficient (Wildman–Crippen LogP) is 12.0. The van der Waals surface area contributed by atoms with Gasteiger partial charge in [0.05, 0.1) is 22.1 Å². The molecule has 4 heteroatoms. The van der Waals surface area contributed by atoms with E-state index in [1.54, 1.807) is 0 Å². The molecule has 1 N–H and O–H groups in total. The number of aromatic nitrogens is 3. The number of nitrogens with zero attached hydrogens (tertiary/aromatic N) is 2. The zero-order chi connectivity index (χ0) is 35.5. The normalized spacial score (nSPS) is 11.6. The Kier molecular flexibility index (Phi) is 7.29. The van der Waals surface area contributed by atoms with Crippen molar-refractivity contribution in [1.82, 2.24) is 14.1 Å². The zero-order valence-electron chi connectivity index (χ0n) is 29.3. The molecule has 3 nitrogen and oxygen atoms in total. The number of aromatic amines is 1. The van der Waals surface area contributed by atoms with Gasteiger partial charge in [-0.05, 0) is 96.9 Å². The van der Waals surface area contributed by atoms with Gasteiger partial charge >= 0.3 is 0 Å². The Labute approximate surface area is 308 Å². The van der Waals surface area contributed by atoms with Crippen molar-refractivity contribution >= 4 is 78.7 Å². The molecule has 0 bridgehead atoms. The lowest BCUT2D eigenvalue weighted by molar-refractivity contribution is 1.18. The van der Waals surface area contributed by atoms with Gasteiger partial charge in [0.1, 0.15) is 7.85 Å². The van der Waals surface area contributed by atoms with Crippen molar-refractivity contribution in [2.24, 2.45) is 0 Å². The van der Waals surface area contributed by atoms with Gasteiger partial charge in [0.15, 0.2) is 0 Å². The lowest BCUT2D eigenvalue weighted by atomic mass is 9.94.